The average Bonchev–Trinajstić information content (AvgIpc) is 2.90. The number of hydrogen-bond acceptors (Lipinski definition) is 2. The van der Waals surface area contributed by atoms with Crippen LogP contribution in [0.15, 0.2) is 63.4 Å². The number of H-pyrrole nitrogens is 2. The minimum Gasteiger partial charge on any atom is -0.356 e. The number of aromatic nitrogens is 2. The maximum absolute atomic E-state index is 11.3. The van der Waals surface area contributed by atoms with Gasteiger partial charge in [0.1, 0.15) is 0 Å². The molecule has 2 rings (SSSR count). The molecule has 1 aliphatic rings. The number of aromatic amines is 2. The highest BCUT2D eigenvalue weighted by Crippen LogP contribution is 2.15. The summed E-state index contributed by atoms with van der Waals surface area (Å²) in [6.07, 6.45) is 16.6. The molecule has 1 aromatic heterocycles. The zero-order valence-electron chi connectivity index (χ0n) is 17.8. The molecule has 0 fully saturated rings. The summed E-state index contributed by atoms with van der Waals surface area (Å²) in [5, 5.41) is 7.52. The number of hydrogen-bond donors (Lipinski definition) is 4. The molecule has 7 heteroatoms. The van der Waals surface area contributed by atoms with E-state index in [9.17, 15) is 4.79 Å². The summed E-state index contributed by atoms with van der Waals surface area (Å²) in [6, 6.07) is 0. The topological polar surface area (TPSA) is 85.1 Å². The first-order chi connectivity index (χ1) is 14.5. The third kappa shape index (κ3) is 8.74. The van der Waals surface area contributed by atoms with E-state index < -0.39 is 0 Å². The van der Waals surface area contributed by atoms with Crippen LogP contribution in [0, 0.1) is 12.8 Å². The number of imidazole rings is 1. The van der Waals surface area contributed by atoms with Crippen molar-refractivity contribution in [3.8, 4) is 0 Å². The van der Waals surface area contributed by atoms with Gasteiger partial charge in [0.05, 0.1) is 5.69 Å². The number of guanidine groups is 1. The van der Waals surface area contributed by atoms with Gasteiger partial charge in [-0.3, -0.25) is 4.99 Å². The first kappa shape index (κ1) is 23.5. The molecule has 1 heterocycles. The Bertz CT molecular complexity index is 901. The molecule has 1 aromatic rings. The van der Waals surface area contributed by atoms with Crippen molar-refractivity contribution in [1.82, 2.24) is 20.6 Å². The van der Waals surface area contributed by atoms with Crippen molar-refractivity contribution in [2.24, 2.45) is 10.9 Å². The Balaban J connectivity index is 1.76. The van der Waals surface area contributed by atoms with Crippen LogP contribution in [-0.2, 0) is 0 Å². The predicted molar refractivity (Wildman–Crippen MR) is 128 cm³/mol. The molecule has 0 saturated heterocycles. The van der Waals surface area contributed by atoms with Gasteiger partial charge in [0.15, 0.2) is 5.96 Å². The summed E-state index contributed by atoms with van der Waals surface area (Å²) in [5.41, 5.74) is 2.37. The Hall–Kier alpha value is -2.73. The molecule has 0 bridgehead atoms. The fraction of sp³-hybridized carbons (Fsp3) is 0.391. The molecule has 0 radical (unpaired) electrons. The maximum atomic E-state index is 11.3. The average molecular weight is 430 g/mol. The molecule has 162 valence electrons. The van der Waals surface area contributed by atoms with E-state index in [1.807, 2.05) is 37.3 Å². The smallest absolute Gasteiger partial charge is 0.323 e. The lowest BCUT2D eigenvalue weighted by molar-refractivity contribution is 0.670. The maximum Gasteiger partial charge on any atom is 0.323 e. The Morgan fingerprint density at radius 1 is 1.30 bits per heavy atom. The van der Waals surface area contributed by atoms with Gasteiger partial charge in [0.25, 0.3) is 0 Å². The number of rotatable bonds is 10. The predicted octanol–water partition coefficient (Wildman–Crippen LogP) is 4.17. The number of aliphatic imine (C=N–C) groups is 1. The molecular formula is C23H32ClN5O. The summed E-state index contributed by atoms with van der Waals surface area (Å²) >= 11 is 6.03. The lowest BCUT2D eigenvalue weighted by Crippen LogP contribution is -2.39. The van der Waals surface area contributed by atoms with Crippen molar-refractivity contribution in [2.75, 3.05) is 19.6 Å². The largest absolute Gasteiger partial charge is 0.356 e. The van der Waals surface area contributed by atoms with E-state index in [4.69, 9.17) is 11.6 Å². The Labute approximate surface area is 183 Å². The van der Waals surface area contributed by atoms with Gasteiger partial charge in [-0.25, -0.2) is 4.79 Å². The molecule has 30 heavy (non-hydrogen) atoms. The van der Waals surface area contributed by atoms with Gasteiger partial charge in [0, 0.05) is 30.4 Å². The monoisotopic (exact) mass is 429 g/mol. The third-order valence-corrected chi connectivity index (χ3v) is 4.81. The molecule has 0 amide bonds. The Morgan fingerprint density at radius 3 is 2.83 bits per heavy atom. The molecule has 0 aromatic carbocycles. The van der Waals surface area contributed by atoms with Crippen LogP contribution < -0.4 is 16.3 Å². The van der Waals surface area contributed by atoms with Crippen LogP contribution >= 0.6 is 11.6 Å². The molecular weight excluding hydrogens is 398 g/mol. The van der Waals surface area contributed by atoms with Gasteiger partial charge < -0.3 is 20.6 Å². The molecule has 0 spiro atoms. The summed E-state index contributed by atoms with van der Waals surface area (Å²) in [4.78, 5) is 21.4. The van der Waals surface area contributed by atoms with Crippen LogP contribution in [0.25, 0.3) is 6.08 Å². The second-order valence-electron chi connectivity index (χ2n) is 7.19. The summed E-state index contributed by atoms with van der Waals surface area (Å²) in [5.74, 6) is 1.17. The van der Waals surface area contributed by atoms with E-state index in [0.717, 1.165) is 66.8 Å². The van der Waals surface area contributed by atoms with Gasteiger partial charge in [-0.1, -0.05) is 55.0 Å². The minimum absolute atomic E-state index is 0.198. The van der Waals surface area contributed by atoms with Crippen molar-refractivity contribution in [3.05, 3.63) is 75.5 Å². The number of halogens is 1. The highest BCUT2D eigenvalue weighted by molar-refractivity contribution is 6.31. The van der Waals surface area contributed by atoms with Crippen LogP contribution in [0.2, 0.25) is 0 Å². The molecule has 6 nitrogen and oxygen atoms in total. The van der Waals surface area contributed by atoms with E-state index in [-0.39, 0.29) is 5.69 Å². The van der Waals surface area contributed by atoms with Gasteiger partial charge >= 0.3 is 5.69 Å². The summed E-state index contributed by atoms with van der Waals surface area (Å²) < 4.78 is 0. The van der Waals surface area contributed by atoms with E-state index in [2.05, 4.69) is 51.2 Å². The molecule has 1 atom stereocenters. The number of nitrogens with zero attached hydrogens (tertiary/aromatic N) is 1. The summed E-state index contributed by atoms with van der Waals surface area (Å²) in [7, 11) is 0. The van der Waals surface area contributed by atoms with Crippen molar-refractivity contribution in [3.63, 3.8) is 0 Å². The standard InChI is InChI=1S/C23H32ClN5O/c1-4-14-25-22(27-16-13-19-6-5-7-20(24)10-9-19)26-15-12-17(2)8-11-21-18(3)28-23(30)29-21/h5-11,19H,2,4,12-16H2,1,3H3,(H2,25,26,27)(H2,28,29,30)/b11-8-. The molecule has 4 N–H and O–H groups in total. The van der Waals surface area contributed by atoms with Crippen LogP contribution in [0.1, 0.15) is 37.6 Å². The zero-order valence-corrected chi connectivity index (χ0v) is 18.6. The van der Waals surface area contributed by atoms with E-state index in [1.165, 1.54) is 0 Å². The highest BCUT2D eigenvalue weighted by atomic mass is 35.5. The summed E-state index contributed by atoms with van der Waals surface area (Å²) in [6.45, 7) is 10.4. The Morgan fingerprint density at radius 2 is 2.10 bits per heavy atom. The first-order valence-corrected chi connectivity index (χ1v) is 10.7. The van der Waals surface area contributed by atoms with Crippen molar-refractivity contribution in [1.29, 1.82) is 0 Å². The van der Waals surface area contributed by atoms with Crippen LogP contribution in [0.5, 0.6) is 0 Å². The fourth-order valence-electron chi connectivity index (χ4n) is 2.85. The van der Waals surface area contributed by atoms with Crippen molar-refractivity contribution in [2.45, 2.75) is 33.1 Å². The number of nitrogens with one attached hydrogen (secondary N) is 4. The Kier molecular flexibility index (Phi) is 10.0. The SMILES string of the molecule is C=C(/C=C\c1[nH]c(=O)[nH]c1C)CCN/C(=N\CCC)NCCC1C=CC=C(Cl)C=C1. The first-order valence-electron chi connectivity index (χ1n) is 10.4. The quantitative estimate of drug-likeness (QED) is 0.256. The zero-order chi connectivity index (χ0) is 21.8. The van der Waals surface area contributed by atoms with E-state index in [0.29, 0.717) is 5.92 Å². The minimum atomic E-state index is -0.198. The van der Waals surface area contributed by atoms with Gasteiger partial charge in [-0.2, -0.15) is 0 Å². The number of aryl methyl sites for hydroxylation is 1. The fourth-order valence-corrected chi connectivity index (χ4v) is 3.00. The highest BCUT2D eigenvalue weighted by Gasteiger charge is 2.04. The van der Waals surface area contributed by atoms with Crippen LogP contribution in [0.4, 0.5) is 0 Å². The lowest BCUT2D eigenvalue weighted by Gasteiger charge is -2.14. The normalized spacial score (nSPS) is 16.6. The van der Waals surface area contributed by atoms with Gasteiger partial charge in [-0.15, -0.1) is 0 Å². The molecule has 1 aliphatic carbocycles. The van der Waals surface area contributed by atoms with E-state index in [1.54, 1.807) is 0 Å². The van der Waals surface area contributed by atoms with Crippen LogP contribution in [-0.4, -0.2) is 35.6 Å². The van der Waals surface area contributed by atoms with Crippen molar-refractivity contribution >= 4 is 23.6 Å². The molecule has 0 saturated carbocycles. The second kappa shape index (κ2) is 12.8. The molecule has 0 aliphatic heterocycles. The second-order valence-corrected chi connectivity index (χ2v) is 7.63. The van der Waals surface area contributed by atoms with Gasteiger partial charge in [-0.05, 0) is 50.3 Å². The van der Waals surface area contributed by atoms with Crippen LogP contribution in [0.3, 0.4) is 0 Å². The van der Waals surface area contributed by atoms with Crippen molar-refractivity contribution < 1.29 is 0 Å². The lowest BCUT2D eigenvalue weighted by atomic mass is 10.1. The molecule has 1 unspecified atom stereocenters. The number of allylic oxidation sites excluding steroid dienone is 7. The van der Waals surface area contributed by atoms with Gasteiger partial charge in [0.2, 0.25) is 0 Å². The van der Waals surface area contributed by atoms with E-state index >= 15 is 0 Å². The third-order valence-electron chi connectivity index (χ3n) is 4.56.